The maximum atomic E-state index is 12.1. The molecule has 1 aliphatic rings. The Hall–Kier alpha value is -0.620. The molecule has 24 heavy (non-hydrogen) atoms. The van der Waals surface area contributed by atoms with Crippen molar-refractivity contribution >= 4 is 16.8 Å². The van der Waals surface area contributed by atoms with Crippen LogP contribution in [0.1, 0.15) is 59.8 Å². The normalized spacial score (nSPS) is 19.3. The summed E-state index contributed by atoms with van der Waals surface area (Å²) in [5, 5.41) is 6.61. The van der Waals surface area contributed by atoms with E-state index in [2.05, 4.69) is 22.5 Å². The predicted molar refractivity (Wildman–Crippen MR) is 104 cm³/mol. The number of hydrogen-bond acceptors (Lipinski definition) is 3. The van der Waals surface area contributed by atoms with Crippen molar-refractivity contribution in [2.45, 2.75) is 70.7 Å². The van der Waals surface area contributed by atoms with Gasteiger partial charge in [-0.05, 0) is 52.9 Å². The zero-order valence-electron chi connectivity index (χ0n) is 16.2. The first kappa shape index (κ1) is 21.4. The summed E-state index contributed by atoms with van der Waals surface area (Å²) in [7, 11) is 0.932. The molecular weight excluding hydrogens is 322 g/mol. The Kier molecular flexibility index (Phi) is 9.89. The molecule has 0 amide bonds. The van der Waals surface area contributed by atoms with Crippen LogP contribution in [0.4, 0.5) is 0 Å². The number of rotatable bonds is 9. The van der Waals surface area contributed by atoms with Gasteiger partial charge in [0, 0.05) is 48.0 Å². The molecule has 142 valence electrons. The van der Waals surface area contributed by atoms with E-state index in [1.807, 2.05) is 20.8 Å². The third-order valence-corrected chi connectivity index (χ3v) is 6.46. The number of nitrogens with one attached hydrogen (secondary N) is 2. The van der Waals surface area contributed by atoms with E-state index in [0.717, 1.165) is 31.4 Å². The lowest BCUT2D eigenvalue weighted by atomic mass is 9.98. The second-order valence-electron chi connectivity index (χ2n) is 7.41. The van der Waals surface area contributed by atoms with Crippen LogP contribution in [-0.4, -0.2) is 53.5 Å². The van der Waals surface area contributed by atoms with Crippen molar-refractivity contribution in [1.82, 2.24) is 10.6 Å². The highest BCUT2D eigenvalue weighted by atomic mass is 32.2. The minimum Gasteiger partial charge on any atom is -0.378 e. The quantitative estimate of drug-likeness (QED) is 0.491. The molecule has 2 N–H and O–H groups in total. The molecule has 0 bridgehead atoms. The fraction of sp³-hybridized carbons (Fsp3) is 0.944. The van der Waals surface area contributed by atoms with Gasteiger partial charge in [-0.2, -0.15) is 0 Å². The summed E-state index contributed by atoms with van der Waals surface area (Å²) in [6, 6.07) is 0. The lowest BCUT2D eigenvalue weighted by Crippen LogP contribution is -2.41. The standard InChI is InChI=1S/C18H37N3O2S/c1-6-23-16(15-9-7-8-10-15)11-12-20-17(19-5)21-13-14-24(22)18(2,3)4/h15-16H,6-14H2,1-5H3,(H2,19,20,21). The van der Waals surface area contributed by atoms with E-state index in [1.54, 1.807) is 7.05 Å². The second-order valence-corrected chi connectivity index (χ2v) is 9.74. The summed E-state index contributed by atoms with van der Waals surface area (Å²) in [5.74, 6) is 2.13. The van der Waals surface area contributed by atoms with Crippen LogP contribution < -0.4 is 10.6 Å². The number of guanidine groups is 1. The monoisotopic (exact) mass is 359 g/mol. The summed E-state index contributed by atoms with van der Waals surface area (Å²) >= 11 is 0. The molecule has 1 fully saturated rings. The Balaban J connectivity index is 2.28. The molecular formula is C18H37N3O2S. The largest absolute Gasteiger partial charge is 0.378 e. The van der Waals surface area contributed by atoms with Gasteiger partial charge >= 0.3 is 0 Å². The van der Waals surface area contributed by atoms with Gasteiger partial charge in [-0.1, -0.05) is 12.8 Å². The Morgan fingerprint density at radius 2 is 1.88 bits per heavy atom. The molecule has 0 aromatic heterocycles. The Morgan fingerprint density at radius 3 is 2.42 bits per heavy atom. The van der Waals surface area contributed by atoms with Crippen molar-refractivity contribution in [2.75, 3.05) is 32.5 Å². The summed E-state index contributed by atoms with van der Waals surface area (Å²) in [4.78, 5) is 4.24. The van der Waals surface area contributed by atoms with Crippen LogP contribution in [0.25, 0.3) is 0 Å². The highest BCUT2D eigenvalue weighted by Gasteiger charge is 2.25. The van der Waals surface area contributed by atoms with Gasteiger partial charge < -0.3 is 15.4 Å². The average Bonchev–Trinajstić information content (AvgIpc) is 3.05. The van der Waals surface area contributed by atoms with Crippen molar-refractivity contribution in [3.8, 4) is 0 Å². The minimum absolute atomic E-state index is 0.162. The van der Waals surface area contributed by atoms with Crippen molar-refractivity contribution in [3.05, 3.63) is 0 Å². The molecule has 6 heteroatoms. The molecule has 0 aromatic carbocycles. The highest BCUT2D eigenvalue weighted by molar-refractivity contribution is 7.86. The molecule has 5 nitrogen and oxygen atoms in total. The summed E-state index contributed by atoms with van der Waals surface area (Å²) in [5.41, 5.74) is 0. The zero-order chi connectivity index (χ0) is 18.0. The fourth-order valence-corrected chi connectivity index (χ4v) is 4.02. The third-order valence-electron chi connectivity index (χ3n) is 4.51. The van der Waals surface area contributed by atoms with Gasteiger partial charge in [-0.3, -0.25) is 9.20 Å². The summed E-state index contributed by atoms with van der Waals surface area (Å²) in [6.07, 6.45) is 6.65. The number of nitrogens with zero attached hydrogens (tertiary/aromatic N) is 1. The smallest absolute Gasteiger partial charge is 0.191 e. The topological polar surface area (TPSA) is 62.7 Å². The van der Waals surface area contributed by atoms with Crippen LogP contribution in [-0.2, 0) is 15.5 Å². The molecule has 0 heterocycles. The molecule has 1 saturated carbocycles. The van der Waals surface area contributed by atoms with Crippen molar-refractivity contribution in [1.29, 1.82) is 0 Å². The number of aliphatic imine (C=N–C) groups is 1. The first-order valence-corrected chi connectivity index (χ1v) is 10.6. The number of hydrogen-bond donors (Lipinski definition) is 2. The van der Waals surface area contributed by atoms with E-state index in [4.69, 9.17) is 4.74 Å². The van der Waals surface area contributed by atoms with Crippen LogP contribution in [0, 0.1) is 5.92 Å². The first-order valence-electron chi connectivity index (χ1n) is 9.33. The van der Waals surface area contributed by atoms with Crippen LogP contribution in [0.3, 0.4) is 0 Å². The van der Waals surface area contributed by atoms with Crippen LogP contribution in [0.2, 0.25) is 0 Å². The molecule has 1 rings (SSSR count). The SMILES string of the molecule is CCOC(CCNC(=NC)NCCS(=O)C(C)(C)C)C1CCCC1. The molecule has 0 spiro atoms. The molecule has 0 aliphatic heterocycles. The van der Waals surface area contributed by atoms with E-state index in [-0.39, 0.29) is 4.75 Å². The predicted octanol–water partition coefficient (Wildman–Crippen LogP) is 2.68. The van der Waals surface area contributed by atoms with Gasteiger partial charge in [-0.15, -0.1) is 0 Å². The van der Waals surface area contributed by atoms with E-state index in [0.29, 0.717) is 18.4 Å². The zero-order valence-corrected chi connectivity index (χ0v) is 17.0. The fourth-order valence-electron chi connectivity index (χ4n) is 3.12. The average molecular weight is 360 g/mol. The van der Waals surface area contributed by atoms with Crippen LogP contribution in [0.5, 0.6) is 0 Å². The molecule has 2 unspecified atom stereocenters. The Bertz CT molecular complexity index is 402. The maximum absolute atomic E-state index is 12.1. The third kappa shape index (κ3) is 7.97. The Morgan fingerprint density at radius 1 is 1.25 bits per heavy atom. The summed E-state index contributed by atoms with van der Waals surface area (Å²) in [6.45, 7) is 10.4. The van der Waals surface area contributed by atoms with Gasteiger partial charge in [0.1, 0.15) is 0 Å². The van der Waals surface area contributed by atoms with Gasteiger partial charge in [0.15, 0.2) is 5.96 Å². The Labute approximate surface area is 150 Å². The molecule has 0 saturated heterocycles. The van der Waals surface area contributed by atoms with E-state index in [1.165, 1.54) is 25.7 Å². The van der Waals surface area contributed by atoms with Crippen LogP contribution >= 0.6 is 0 Å². The second kappa shape index (κ2) is 11.1. The highest BCUT2D eigenvalue weighted by Crippen LogP contribution is 2.30. The van der Waals surface area contributed by atoms with E-state index >= 15 is 0 Å². The van der Waals surface area contributed by atoms with Crippen molar-refractivity contribution in [2.24, 2.45) is 10.9 Å². The lowest BCUT2D eigenvalue weighted by Gasteiger charge is -2.24. The molecule has 0 radical (unpaired) electrons. The van der Waals surface area contributed by atoms with E-state index in [9.17, 15) is 4.21 Å². The molecule has 2 atom stereocenters. The first-order chi connectivity index (χ1) is 11.4. The maximum Gasteiger partial charge on any atom is 0.191 e. The van der Waals surface area contributed by atoms with Crippen LogP contribution in [0.15, 0.2) is 4.99 Å². The van der Waals surface area contributed by atoms with Gasteiger partial charge in [0.05, 0.1) is 6.10 Å². The van der Waals surface area contributed by atoms with E-state index < -0.39 is 10.8 Å². The van der Waals surface area contributed by atoms with Crippen molar-refractivity contribution in [3.63, 3.8) is 0 Å². The summed E-state index contributed by atoms with van der Waals surface area (Å²) < 4.78 is 17.8. The van der Waals surface area contributed by atoms with Gasteiger partial charge in [-0.25, -0.2) is 0 Å². The number of ether oxygens (including phenoxy) is 1. The lowest BCUT2D eigenvalue weighted by molar-refractivity contribution is 0.0169. The molecule has 0 aromatic rings. The minimum atomic E-state index is -0.839. The van der Waals surface area contributed by atoms with Crippen molar-refractivity contribution < 1.29 is 8.95 Å². The van der Waals surface area contributed by atoms with Gasteiger partial charge in [0.2, 0.25) is 0 Å². The van der Waals surface area contributed by atoms with Gasteiger partial charge in [0.25, 0.3) is 0 Å². The molecule has 1 aliphatic carbocycles.